The van der Waals surface area contributed by atoms with Gasteiger partial charge in [-0.25, -0.2) is 5.90 Å². The molecule has 0 atom stereocenters. The number of hydrogen-bond donors (Lipinski definition) is 2. The van der Waals surface area contributed by atoms with E-state index in [9.17, 15) is 10.1 Å². The quantitative estimate of drug-likeness (QED) is 0.526. The molecule has 0 unspecified atom stereocenters. The summed E-state index contributed by atoms with van der Waals surface area (Å²) >= 11 is 0. The van der Waals surface area contributed by atoms with Crippen molar-refractivity contribution in [2.24, 2.45) is 5.90 Å². The summed E-state index contributed by atoms with van der Waals surface area (Å²) in [5.41, 5.74) is -0.825. The van der Waals surface area contributed by atoms with Gasteiger partial charge >= 0.3 is 5.69 Å². The molecule has 0 radical (unpaired) electrons. The maximum absolute atomic E-state index is 10.5. The molecule has 0 bridgehead atoms. The van der Waals surface area contributed by atoms with Gasteiger partial charge in [0.15, 0.2) is 0 Å². The lowest BCUT2D eigenvalue weighted by molar-refractivity contribution is -0.386. The number of rotatable bonds is 3. The molecule has 1 heterocycles. The zero-order valence-corrected chi connectivity index (χ0v) is 7.27. The number of aromatic amines is 1. The van der Waals surface area contributed by atoms with Crippen LogP contribution in [0.1, 0.15) is 19.5 Å². The third-order valence-corrected chi connectivity index (χ3v) is 1.71. The van der Waals surface area contributed by atoms with Gasteiger partial charge in [-0.1, -0.05) is 0 Å². The van der Waals surface area contributed by atoms with Gasteiger partial charge in [0, 0.05) is 0 Å². The fourth-order valence-electron chi connectivity index (χ4n) is 0.920. The summed E-state index contributed by atoms with van der Waals surface area (Å²) in [5.74, 6) is 5.00. The molecule has 0 saturated heterocycles. The lowest BCUT2D eigenvalue weighted by Gasteiger charge is -2.18. The molecule has 7 heteroatoms. The number of nitrogens with two attached hydrogens (primary N) is 1. The third kappa shape index (κ3) is 1.65. The molecule has 0 spiro atoms. The predicted molar refractivity (Wildman–Crippen MR) is 43.5 cm³/mol. The van der Waals surface area contributed by atoms with Crippen molar-refractivity contribution in [3.63, 3.8) is 0 Å². The highest BCUT2D eigenvalue weighted by Crippen LogP contribution is 2.28. The molecule has 0 saturated carbocycles. The largest absolute Gasteiger partial charge is 0.312 e. The molecular formula is C6H10N4O3. The second-order valence-electron chi connectivity index (χ2n) is 3.02. The van der Waals surface area contributed by atoms with Crippen molar-refractivity contribution in [1.82, 2.24) is 10.2 Å². The van der Waals surface area contributed by atoms with Crippen molar-refractivity contribution < 1.29 is 9.76 Å². The molecule has 0 aliphatic heterocycles. The topological polar surface area (TPSA) is 107 Å². The Morgan fingerprint density at radius 1 is 1.77 bits per heavy atom. The smallest absolute Gasteiger partial charge is 0.292 e. The number of H-pyrrole nitrogens is 1. The highest BCUT2D eigenvalue weighted by molar-refractivity contribution is 5.35. The first kappa shape index (κ1) is 9.62. The Balaban J connectivity index is 3.14. The van der Waals surface area contributed by atoms with Crippen LogP contribution in [0.25, 0.3) is 0 Å². The summed E-state index contributed by atoms with van der Waals surface area (Å²) in [7, 11) is 0. The summed E-state index contributed by atoms with van der Waals surface area (Å²) in [6.07, 6.45) is 1.12. The molecule has 13 heavy (non-hydrogen) atoms. The third-order valence-electron chi connectivity index (χ3n) is 1.71. The molecule has 72 valence electrons. The van der Waals surface area contributed by atoms with E-state index in [1.807, 2.05) is 0 Å². The normalized spacial score (nSPS) is 11.6. The number of nitrogens with one attached hydrogen (secondary N) is 1. The lowest BCUT2D eigenvalue weighted by Crippen LogP contribution is -2.26. The minimum atomic E-state index is -0.946. The number of aromatic nitrogens is 2. The van der Waals surface area contributed by atoms with Gasteiger partial charge in [0.2, 0.25) is 0 Å². The second-order valence-corrected chi connectivity index (χ2v) is 3.02. The van der Waals surface area contributed by atoms with E-state index in [0.717, 1.165) is 6.20 Å². The average molecular weight is 186 g/mol. The summed E-state index contributed by atoms with van der Waals surface area (Å²) in [6.45, 7) is 3.21. The van der Waals surface area contributed by atoms with Gasteiger partial charge in [-0.2, -0.15) is 5.10 Å². The zero-order valence-electron chi connectivity index (χ0n) is 7.27. The van der Waals surface area contributed by atoms with Crippen LogP contribution < -0.4 is 5.90 Å². The van der Waals surface area contributed by atoms with Crippen LogP contribution >= 0.6 is 0 Å². The van der Waals surface area contributed by atoms with Gasteiger partial charge in [-0.15, -0.1) is 0 Å². The van der Waals surface area contributed by atoms with Crippen LogP contribution in [0, 0.1) is 10.1 Å². The summed E-state index contributed by atoms with van der Waals surface area (Å²) in [4.78, 5) is 14.5. The Kier molecular flexibility index (Phi) is 2.30. The number of nitrogens with zero attached hydrogens (tertiary/aromatic N) is 2. The molecule has 1 rings (SSSR count). The lowest BCUT2D eigenvalue weighted by atomic mass is 10.0. The van der Waals surface area contributed by atoms with Gasteiger partial charge in [0.05, 0.1) is 4.92 Å². The highest BCUT2D eigenvalue weighted by atomic mass is 16.6. The van der Waals surface area contributed by atoms with E-state index < -0.39 is 10.5 Å². The van der Waals surface area contributed by atoms with Crippen LogP contribution in [0.2, 0.25) is 0 Å². The minimum absolute atomic E-state index is 0.129. The number of hydrogen-bond acceptors (Lipinski definition) is 5. The van der Waals surface area contributed by atoms with Gasteiger partial charge < -0.3 is 0 Å². The van der Waals surface area contributed by atoms with E-state index in [0.29, 0.717) is 0 Å². The summed E-state index contributed by atoms with van der Waals surface area (Å²) < 4.78 is 0. The van der Waals surface area contributed by atoms with Crippen LogP contribution in [-0.2, 0) is 10.4 Å². The molecule has 0 amide bonds. The van der Waals surface area contributed by atoms with E-state index in [2.05, 4.69) is 15.0 Å². The SMILES string of the molecule is CC(C)(ON)c1[nH]ncc1[N+](=O)[O-]. The van der Waals surface area contributed by atoms with Crippen LogP contribution in [0.15, 0.2) is 6.20 Å². The molecule has 0 aromatic carbocycles. The van der Waals surface area contributed by atoms with E-state index in [4.69, 9.17) is 5.90 Å². The van der Waals surface area contributed by atoms with E-state index in [1.165, 1.54) is 0 Å². The van der Waals surface area contributed by atoms with Crippen LogP contribution in [0.3, 0.4) is 0 Å². The van der Waals surface area contributed by atoms with Gasteiger partial charge in [0.25, 0.3) is 0 Å². The summed E-state index contributed by atoms with van der Waals surface area (Å²) in [6, 6.07) is 0. The monoisotopic (exact) mass is 186 g/mol. The van der Waals surface area contributed by atoms with Crippen molar-refractivity contribution in [2.45, 2.75) is 19.4 Å². The molecule has 0 aliphatic carbocycles. The van der Waals surface area contributed by atoms with Crippen LogP contribution in [-0.4, -0.2) is 15.1 Å². The molecule has 7 nitrogen and oxygen atoms in total. The Labute approximate surface area is 74.0 Å². The average Bonchev–Trinajstić information content (AvgIpc) is 2.52. The molecular weight excluding hydrogens is 176 g/mol. The van der Waals surface area contributed by atoms with Crippen molar-refractivity contribution in [2.75, 3.05) is 0 Å². The van der Waals surface area contributed by atoms with E-state index in [-0.39, 0.29) is 11.4 Å². The highest BCUT2D eigenvalue weighted by Gasteiger charge is 2.31. The minimum Gasteiger partial charge on any atom is -0.292 e. The molecule has 0 fully saturated rings. The fraction of sp³-hybridized carbons (Fsp3) is 0.500. The van der Waals surface area contributed by atoms with Gasteiger partial charge in [-0.3, -0.25) is 20.1 Å². The van der Waals surface area contributed by atoms with Crippen LogP contribution in [0.5, 0.6) is 0 Å². The standard InChI is InChI=1S/C6H10N4O3/c1-6(2,13-7)5-4(10(11)12)3-8-9-5/h3H,7H2,1-2H3,(H,8,9). The van der Waals surface area contributed by atoms with Gasteiger partial charge in [0.1, 0.15) is 17.5 Å². The predicted octanol–water partition coefficient (Wildman–Crippen LogP) is 0.443. The molecule has 1 aromatic heterocycles. The first-order valence-electron chi connectivity index (χ1n) is 3.55. The van der Waals surface area contributed by atoms with E-state index in [1.54, 1.807) is 13.8 Å². The Hall–Kier alpha value is -1.47. The first-order valence-corrected chi connectivity index (χ1v) is 3.55. The maximum atomic E-state index is 10.5. The van der Waals surface area contributed by atoms with Crippen molar-refractivity contribution in [3.8, 4) is 0 Å². The maximum Gasteiger partial charge on any atom is 0.312 e. The number of nitro groups is 1. The van der Waals surface area contributed by atoms with Crippen molar-refractivity contribution >= 4 is 5.69 Å². The first-order chi connectivity index (χ1) is 5.99. The summed E-state index contributed by atoms with van der Waals surface area (Å²) in [5, 5.41) is 16.5. The zero-order chi connectivity index (χ0) is 10.1. The Morgan fingerprint density at radius 2 is 2.38 bits per heavy atom. The van der Waals surface area contributed by atoms with Crippen molar-refractivity contribution in [1.29, 1.82) is 0 Å². The Bertz CT molecular complexity index is 319. The molecule has 0 aliphatic rings. The second kappa shape index (κ2) is 3.11. The van der Waals surface area contributed by atoms with E-state index >= 15 is 0 Å². The van der Waals surface area contributed by atoms with Crippen molar-refractivity contribution in [3.05, 3.63) is 22.0 Å². The molecule has 3 N–H and O–H groups in total. The fourth-order valence-corrected chi connectivity index (χ4v) is 0.920. The van der Waals surface area contributed by atoms with Crippen LogP contribution in [0.4, 0.5) is 5.69 Å². The molecule has 1 aromatic rings. The Morgan fingerprint density at radius 3 is 2.85 bits per heavy atom. The van der Waals surface area contributed by atoms with Gasteiger partial charge in [-0.05, 0) is 13.8 Å².